The van der Waals surface area contributed by atoms with Crippen molar-refractivity contribution in [2.75, 3.05) is 5.32 Å². The van der Waals surface area contributed by atoms with Crippen LogP contribution in [-0.4, -0.2) is 27.7 Å². The second kappa shape index (κ2) is 9.51. The normalized spacial score (nSPS) is 12.0. The number of anilines is 1. The van der Waals surface area contributed by atoms with E-state index in [1.165, 1.54) is 0 Å². The molecule has 0 radical (unpaired) electrons. The average Bonchev–Trinajstić information content (AvgIpc) is 2.72. The predicted octanol–water partition coefficient (Wildman–Crippen LogP) is 5.29. The molecule has 0 aliphatic heterocycles. The highest BCUT2D eigenvalue weighted by Gasteiger charge is 2.21. The van der Waals surface area contributed by atoms with E-state index >= 15 is 0 Å². The number of aromatic nitrogens is 1. The van der Waals surface area contributed by atoms with Crippen LogP contribution in [0.1, 0.15) is 49.7 Å². The number of hydrogen-bond acceptors (Lipinski definition) is 5. The quantitative estimate of drug-likeness (QED) is 0.507. The topological polar surface area (TPSA) is 101 Å². The molecular weight excluding hydrogens is 406 g/mol. The number of rotatable bonds is 5. The number of phenols is 1. The van der Waals surface area contributed by atoms with Crippen LogP contribution in [0.5, 0.6) is 5.75 Å². The lowest BCUT2D eigenvalue weighted by molar-refractivity contribution is 0.0508. The van der Waals surface area contributed by atoms with Gasteiger partial charge in [0.25, 0.3) is 5.91 Å². The van der Waals surface area contributed by atoms with Gasteiger partial charge in [0.1, 0.15) is 11.4 Å². The number of alkyl carbamates (subject to hydrolysis) is 1. The van der Waals surface area contributed by atoms with Crippen LogP contribution in [0.2, 0.25) is 0 Å². The molecule has 3 N–H and O–H groups in total. The largest absolute Gasteiger partial charge is 0.508 e. The number of ether oxygens (including phenoxy) is 1. The Balaban J connectivity index is 1.94. The van der Waals surface area contributed by atoms with Crippen molar-refractivity contribution >= 4 is 17.7 Å². The van der Waals surface area contributed by atoms with Gasteiger partial charge >= 0.3 is 6.09 Å². The Labute approximate surface area is 187 Å². The van der Waals surface area contributed by atoms with Crippen LogP contribution in [0.25, 0.3) is 11.1 Å². The van der Waals surface area contributed by atoms with Gasteiger partial charge in [0.15, 0.2) is 0 Å². The Morgan fingerprint density at radius 2 is 1.75 bits per heavy atom. The zero-order chi connectivity index (χ0) is 23.3. The third kappa shape index (κ3) is 6.07. The molecule has 32 heavy (non-hydrogen) atoms. The van der Waals surface area contributed by atoms with Crippen LogP contribution < -0.4 is 10.6 Å². The molecule has 0 aliphatic carbocycles. The standard InChI is InChI=1S/C25H27N3O4/c1-16(27-24(31)32-25(2,3)4)21-9-8-18(23(30)28-19-10-12-26-13-11-19)15-22(21)17-6-5-7-20(29)14-17/h5-16,29H,1-4H3,(H,27,31)(H,26,28,30). The maximum Gasteiger partial charge on any atom is 0.408 e. The molecule has 0 saturated carbocycles. The van der Waals surface area contributed by atoms with E-state index in [1.54, 1.807) is 81.7 Å². The second-order valence-corrected chi connectivity index (χ2v) is 8.41. The fourth-order valence-corrected chi connectivity index (χ4v) is 3.20. The number of hydrogen-bond donors (Lipinski definition) is 3. The number of amides is 2. The Kier molecular flexibility index (Phi) is 6.78. The maximum atomic E-state index is 12.8. The summed E-state index contributed by atoms with van der Waals surface area (Å²) >= 11 is 0. The zero-order valence-corrected chi connectivity index (χ0v) is 18.5. The highest BCUT2D eigenvalue weighted by atomic mass is 16.6. The number of pyridine rings is 1. The number of carbonyl (C=O) groups is 2. The molecule has 1 aromatic heterocycles. The molecule has 1 unspecified atom stereocenters. The summed E-state index contributed by atoms with van der Waals surface area (Å²) in [7, 11) is 0. The van der Waals surface area contributed by atoms with E-state index < -0.39 is 17.7 Å². The van der Waals surface area contributed by atoms with Crippen molar-refractivity contribution < 1.29 is 19.4 Å². The minimum Gasteiger partial charge on any atom is -0.508 e. The van der Waals surface area contributed by atoms with E-state index in [4.69, 9.17) is 4.74 Å². The van der Waals surface area contributed by atoms with E-state index in [-0.39, 0.29) is 11.7 Å². The van der Waals surface area contributed by atoms with Gasteiger partial charge in [-0.2, -0.15) is 0 Å². The van der Waals surface area contributed by atoms with Gasteiger partial charge in [-0.05, 0) is 80.8 Å². The highest BCUT2D eigenvalue weighted by Crippen LogP contribution is 2.32. The molecule has 2 aromatic carbocycles. The molecule has 166 valence electrons. The molecule has 3 aromatic rings. The molecule has 0 spiro atoms. The van der Waals surface area contributed by atoms with Gasteiger partial charge in [-0.1, -0.05) is 18.2 Å². The van der Waals surface area contributed by atoms with Crippen LogP contribution in [0.3, 0.4) is 0 Å². The monoisotopic (exact) mass is 433 g/mol. The van der Waals surface area contributed by atoms with E-state index in [2.05, 4.69) is 15.6 Å². The maximum absolute atomic E-state index is 12.8. The van der Waals surface area contributed by atoms with Gasteiger partial charge in [-0.25, -0.2) is 4.79 Å². The molecular formula is C25H27N3O4. The summed E-state index contributed by atoms with van der Waals surface area (Å²) in [6, 6.07) is 15.0. The van der Waals surface area contributed by atoms with E-state index in [1.807, 2.05) is 13.0 Å². The molecule has 0 aliphatic rings. The molecule has 7 nitrogen and oxygen atoms in total. The van der Waals surface area contributed by atoms with E-state index in [0.29, 0.717) is 16.8 Å². The zero-order valence-electron chi connectivity index (χ0n) is 18.5. The van der Waals surface area contributed by atoms with Crippen molar-refractivity contribution in [1.29, 1.82) is 0 Å². The summed E-state index contributed by atoms with van der Waals surface area (Å²) in [4.78, 5) is 29.0. The van der Waals surface area contributed by atoms with Crippen molar-refractivity contribution in [1.82, 2.24) is 10.3 Å². The molecule has 2 amide bonds. The number of carbonyl (C=O) groups excluding carboxylic acids is 2. The first kappa shape index (κ1) is 22.8. The summed E-state index contributed by atoms with van der Waals surface area (Å²) in [5, 5.41) is 15.6. The Bertz CT molecular complexity index is 1110. The number of nitrogens with one attached hydrogen (secondary N) is 2. The van der Waals surface area contributed by atoms with Crippen LogP contribution >= 0.6 is 0 Å². The SMILES string of the molecule is CC(NC(=O)OC(C)(C)C)c1ccc(C(=O)Nc2ccncc2)cc1-c1cccc(O)c1. The molecule has 7 heteroatoms. The first-order valence-electron chi connectivity index (χ1n) is 10.3. The molecule has 3 rings (SSSR count). The highest BCUT2D eigenvalue weighted by molar-refractivity contribution is 6.05. The van der Waals surface area contributed by atoms with Crippen molar-refractivity contribution in [3.05, 3.63) is 78.1 Å². The van der Waals surface area contributed by atoms with Gasteiger partial charge < -0.3 is 20.5 Å². The summed E-state index contributed by atoms with van der Waals surface area (Å²) < 4.78 is 5.36. The van der Waals surface area contributed by atoms with Crippen LogP contribution in [0, 0.1) is 0 Å². The first-order chi connectivity index (χ1) is 15.1. The van der Waals surface area contributed by atoms with Crippen LogP contribution in [-0.2, 0) is 4.74 Å². The fraction of sp³-hybridized carbons (Fsp3) is 0.240. The Hall–Kier alpha value is -3.87. The summed E-state index contributed by atoms with van der Waals surface area (Å²) in [6.07, 6.45) is 2.66. The van der Waals surface area contributed by atoms with E-state index in [9.17, 15) is 14.7 Å². The van der Waals surface area contributed by atoms with Crippen LogP contribution in [0.4, 0.5) is 10.5 Å². The molecule has 0 bridgehead atoms. The first-order valence-corrected chi connectivity index (χ1v) is 10.3. The van der Waals surface area contributed by atoms with Crippen molar-refractivity contribution in [2.45, 2.75) is 39.3 Å². The van der Waals surface area contributed by atoms with Gasteiger partial charge in [-0.3, -0.25) is 9.78 Å². The third-order valence-electron chi connectivity index (χ3n) is 4.61. The molecule has 1 atom stereocenters. The number of nitrogens with zero attached hydrogens (tertiary/aromatic N) is 1. The lowest BCUT2D eigenvalue weighted by atomic mass is 9.93. The Morgan fingerprint density at radius 3 is 2.41 bits per heavy atom. The van der Waals surface area contributed by atoms with Gasteiger partial charge in [-0.15, -0.1) is 0 Å². The average molecular weight is 434 g/mol. The summed E-state index contributed by atoms with van der Waals surface area (Å²) in [5.41, 5.74) is 2.67. The number of benzene rings is 2. The summed E-state index contributed by atoms with van der Waals surface area (Å²) in [5.74, 6) is -0.176. The second-order valence-electron chi connectivity index (χ2n) is 8.41. The van der Waals surface area contributed by atoms with Gasteiger partial charge in [0.05, 0.1) is 6.04 Å². The predicted molar refractivity (Wildman–Crippen MR) is 124 cm³/mol. The van der Waals surface area contributed by atoms with Crippen LogP contribution in [0.15, 0.2) is 67.0 Å². The third-order valence-corrected chi connectivity index (χ3v) is 4.61. The van der Waals surface area contributed by atoms with Crippen molar-refractivity contribution in [2.24, 2.45) is 0 Å². The lowest BCUT2D eigenvalue weighted by Gasteiger charge is -2.23. The van der Waals surface area contributed by atoms with Gasteiger partial charge in [0, 0.05) is 23.6 Å². The number of phenolic OH excluding ortho intramolecular Hbond substituents is 1. The van der Waals surface area contributed by atoms with Crippen molar-refractivity contribution in [3.8, 4) is 16.9 Å². The molecule has 1 heterocycles. The molecule has 0 fully saturated rings. The van der Waals surface area contributed by atoms with Gasteiger partial charge in [0.2, 0.25) is 0 Å². The molecule has 0 saturated heterocycles. The fourth-order valence-electron chi connectivity index (χ4n) is 3.20. The van der Waals surface area contributed by atoms with Crippen molar-refractivity contribution in [3.63, 3.8) is 0 Å². The smallest absolute Gasteiger partial charge is 0.408 e. The minimum atomic E-state index is -0.618. The minimum absolute atomic E-state index is 0.104. The lowest BCUT2D eigenvalue weighted by Crippen LogP contribution is -2.34. The number of aromatic hydroxyl groups is 1. The summed E-state index contributed by atoms with van der Waals surface area (Å²) in [6.45, 7) is 7.23. The Morgan fingerprint density at radius 1 is 1.03 bits per heavy atom. The van der Waals surface area contributed by atoms with E-state index in [0.717, 1.165) is 11.1 Å².